The van der Waals surface area contributed by atoms with Gasteiger partial charge in [-0.3, -0.25) is 9.50 Å². The van der Waals surface area contributed by atoms with Gasteiger partial charge < -0.3 is 0 Å². The van der Waals surface area contributed by atoms with Crippen LogP contribution in [0.3, 0.4) is 0 Å². The molecule has 0 aliphatic carbocycles. The summed E-state index contributed by atoms with van der Waals surface area (Å²) in [6.45, 7) is 6.56. The van der Waals surface area contributed by atoms with E-state index < -0.39 is 0 Å². The van der Waals surface area contributed by atoms with Gasteiger partial charge in [-0.1, -0.05) is 20.8 Å². The smallest absolute Gasteiger partial charge is 0.186 e. The van der Waals surface area contributed by atoms with E-state index in [1.807, 2.05) is 10.6 Å². The van der Waals surface area contributed by atoms with Crippen molar-refractivity contribution in [3.8, 4) is 0 Å². The molecule has 3 aromatic rings. The monoisotopic (exact) mass is 215 g/mol. The lowest BCUT2D eigenvalue weighted by molar-refractivity contribution is 0.592. The second-order valence-corrected chi connectivity index (χ2v) is 5.01. The van der Waals surface area contributed by atoms with Gasteiger partial charge in [-0.25, -0.2) is 0 Å². The van der Waals surface area contributed by atoms with Crippen LogP contribution >= 0.6 is 0 Å². The Morgan fingerprint density at radius 1 is 1.31 bits per heavy atom. The molecule has 0 radical (unpaired) electrons. The molecule has 16 heavy (non-hydrogen) atoms. The first-order valence-electron chi connectivity index (χ1n) is 5.23. The standard InChI is InChI=1S/C11H13N5/c1-11(2,3)8-5-16-6-13-15-10(16)9-7(8)4-12-14-9/h4-6H,1-3H3,(H,12,14). The van der Waals surface area contributed by atoms with E-state index in [1.165, 1.54) is 5.56 Å². The second-order valence-electron chi connectivity index (χ2n) is 5.01. The molecule has 0 saturated heterocycles. The summed E-state index contributed by atoms with van der Waals surface area (Å²) in [6, 6.07) is 0. The van der Waals surface area contributed by atoms with Crippen LogP contribution in [0.5, 0.6) is 0 Å². The molecule has 0 atom stereocenters. The van der Waals surface area contributed by atoms with E-state index in [2.05, 4.69) is 47.4 Å². The van der Waals surface area contributed by atoms with Gasteiger partial charge in [-0.2, -0.15) is 5.10 Å². The lowest BCUT2D eigenvalue weighted by Gasteiger charge is -2.19. The van der Waals surface area contributed by atoms with Crippen molar-refractivity contribution in [2.45, 2.75) is 26.2 Å². The molecular formula is C11H13N5. The van der Waals surface area contributed by atoms with E-state index in [1.54, 1.807) is 6.33 Å². The highest BCUT2D eigenvalue weighted by Crippen LogP contribution is 2.30. The van der Waals surface area contributed by atoms with Crippen LogP contribution in [0.4, 0.5) is 0 Å². The van der Waals surface area contributed by atoms with Gasteiger partial charge in [0.15, 0.2) is 5.65 Å². The highest BCUT2D eigenvalue weighted by Gasteiger charge is 2.20. The first-order chi connectivity index (χ1) is 7.57. The summed E-state index contributed by atoms with van der Waals surface area (Å²) < 4.78 is 1.93. The number of aromatic amines is 1. The number of nitrogens with zero attached hydrogens (tertiary/aromatic N) is 4. The van der Waals surface area contributed by atoms with Crippen LogP contribution in [-0.4, -0.2) is 24.8 Å². The maximum Gasteiger partial charge on any atom is 0.186 e. The summed E-state index contributed by atoms with van der Waals surface area (Å²) in [6.07, 6.45) is 5.64. The number of aromatic nitrogens is 5. The van der Waals surface area contributed by atoms with Crippen LogP contribution < -0.4 is 0 Å². The Morgan fingerprint density at radius 2 is 2.12 bits per heavy atom. The quantitative estimate of drug-likeness (QED) is 0.623. The molecule has 0 unspecified atom stereocenters. The minimum absolute atomic E-state index is 0.0700. The van der Waals surface area contributed by atoms with Crippen molar-refractivity contribution < 1.29 is 0 Å². The molecule has 3 rings (SSSR count). The van der Waals surface area contributed by atoms with Gasteiger partial charge in [-0.15, -0.1) is 10.2 Å². The maximum absolute atomic E-state index is 4.10. The van der Waals surface area contributed by atoms with Crippen molar-refractivity contribution in [2.75, 3.05) is 0 Å². The van der Waals surface area contributed by atoms with E-state index in [4.69, 9.17) is 0 Å². The zero-order valence-corrected chi connectivity index (χ0v) is 9.52. The molecule has 0 aliphatic heterocycles. The van der Waals surface area contributed by atoms with E-state index in [0.717, 1.165) is 16.6 Å². The molecule has 0 amide bonds. The number of hydrogen-bond donors (Lipinski definition) is 1. The largest absolute Gasteiger partial charge is 0.287 e. The van der Waals surface area contributed by atoms with Crippen LogP contribution in [0.2, 0.25) is 0 Å². The van der Waals surface area contributed by atoms with Crippen LogP contribution in [0.15, 0.2) is 18.7 Å². The highest BCUT2D eigenvalue weighted by atomic mass is 15.2. The molecule has 0 saturated carbocycles. The van der Waals surface area contributed by atoms with Crippen LogP contribution in [0, 0.1) is 0 Å². The first kappa shape index (κ1) is 9.33. The molecule has 0 aromatic carbocycles. The maximum atomic E-state index is 4.10. The fourth-order valence-electron chi connectivity index (χ4n) is 1.98. The fourth-order valence-corrected chi connectivity index (χ4v) is 1.98. The summed E-state index contributed by atoms with van der Waals surface area (Å²) >= 11 is 0. The highest BCUT2D eigenvalue weighted by molar-refractivity contribution is 5.92. The molecule has 1 N–H and O–H groups in total. The topological polar surface area (TPSA) is 58.9 Å². The first-order valence-corrected chi connectivity index (χ1v) is 5.23. The third kappa shape index (κ3) is 1.14. The molecule has 82 valence electrons. The number of rotatable bonds is 0. The van der Waals surface area contributed by atoms with Crippen LogP contribution in [-0.2, 0) is 5.41 Å². The zero-order chi connectivity index (χ0) is 11.3. The number of fused-ring (bicyclic) bond motifs is 3. The van der Waals surface area contributed by atoms with E-state index in [9.17, 15) is 0 Å². The van der Waals surface area contributed by atoms with Crippen LogP contribution in [0.25, 0.3) is 16.6 Å². The Morgan fingerprint density at radius 3 is 2.88 bits per heavy atom. The lowest BCUT2D eigenvalue weighted by atomic mass is 9.86. The van der Waals surface area contributed by atoms with Crippen molar-refractivity contribution in [1.29, 1.82) is 0 Å². The molecule has 3 aromatic heterocycles. The summed E-state index contributed by atoms with van der Waals surface area (Å²) in [4.78, 5) is 0. The summed E-state index contributed by atoms with van der Waals surface area (Å²) in [7, 11) is 0. The Bertz CT molecular complexity index is 656. The van der Waals surface area contributed by atoms with Crippen molar-refractivity contribution in [3.63, 3.8) is 0 Å². The van der Waals surface area contributed by atoms with E-state index >= 15 is 0 Å². The van der Waals surface area contributed by atoms with Gasteiger partial charge in [0.1, 0.15) is 11.8 Å². The van der Waals surface area contributed by atoms with Gasteiger partial charge in [0.25, 0.3) is 0 Å². The summed E-state index contributed by atoms with van der Waals surface area (Å²) in [5.41, 5.74) is 3.08. The molecule has 5 heteroatoms. The molecule has 0 aliphatic rings. The van der Waals surface area contributed by atoms with Gasteiger partial charge >= 0.3 is 0 Å². The van der Waals surface area contributed by atoms with Crippen molar-refractivity contribution in [2.24, 2.45) is 0 Å². The second kappa shape index (κ2) is 2.81. The zero-order valence-electron chi connectivity index (χ0n) is 9.52. The van der Waals surface area contributed by atoms with E-state index in [0.29, 0.717) is 0 Å². The SMILES string of the molecule is CC(C)(C)c1cn2cnnc2c2[nH]ncc12. The van der Waals surface area contributed by atoms with Crippen molar-refractivity contribution in [3.05, 3.63) is 24.3 Å². The fraction of sp³-hybridized carbons (Fsp3) is 0.364. The number of hydrogen-bond acceptors (Lipinski definition) is 3. The Hall–Kier alpha value is -1.91. The van der Waals surface area contributed by atoms with Gasteiger partial charge in [0, 0.05) is 11.6 Å². The van der Waals surface area contributed by atoms with Crippen molar-refractivity contribution in [1.82, 2.24) is 24.8 Å². The van der Waals surface area contributed by atoms with Gasteiger partial charge in [-0.05, 0) is 11.0 Å². The molecular weight excluding hydrogens is 202 g/mol. The normalized spacial score (nSPS) is 12.7. The molecule has 0 fully saturated rings. The lowest BCUT2D eigenvalue weighted by Crippen LogP contribution is -2.12. The third-order valence-corrected chi connectivity index (χ3v) is 2.80. The Balaban J connectivity index is 2.53. The molecule has 0 bridgehead atoms. The van der Waals surface area contributed by atoms with Crippen molar-refractivity contribution >= 4 is 16.6 Å². The summed E-state index contributed by atoms with van der Waals surface area (Å²) in [5, 5.41) is 16.2. The predicted molar refractivity (Wildman–Crippen MR) is 61.3 cm³/mol. The Labute approximate surface area is 92.5 Å². The van der Waals surface area contributed by atoms with E-state index in [-0.39, 0.29) is 5.41 Å². The molecule has 3 heterocycles. The number of nitrogens with one attached hydrogen (secondary N) is 1. The Kier molecular flexibility index (Phi) is 1.64. The minimum Gasteiger partial charge on any atom is -0.287 e. The van der Waals surface area contributed by atoms with Gasteiger partial charge in [0.05, 0.1) is 6.20 Å². The average molecular weight is 215 g/mol. The number of pyridine rings is 1. The minimum atomic E-state index is 0.0700. The van der Waals surface area contributed by atoms with Crippen LogP contribution in [0.1, 0.15) is 26.3 Å². The third-order valence-electron chi connectivity index (χ3n) is 2.80. The predicted octanol–water partition coefficient (Wildman–Crippen LogP) is 1.90. The molecule has 5 nitrogen and oxygen atoms in total. The molecule has 0 spiro atoms. The van der Waals surface area contributed by atoms with Gasteiger partial charge in [0.2, 0.25) is 0 Å². The average Bonchev–Trinajstić information content (AvgIpc) is 2.82. The number of H-pyrrole nitrogens is 1. The summed E-state index contributed by atoms with van der Waals surface area (Å²) in [5.74, 6) is 0.